The molecule has 1 nitrogen and oxygen atoms in total. The van der Waals surface area contributed by atoms with Gasteiger partial charge in [0.15, 0.2) is 0 Å². The minimum Gasteiger partial charge on any atom is -0.314 e. The molecule has 1 rings (SSSR count). The van der Waals surface area contributed by atoms with E-state index in [9.17, 15) is 0 Å². The molecule has 1 N–H and O–H groups in total. The number of terminal acetylenes is 1. The summed E-state index contributed by atoms with van der Waals surface area (Å²) < 4.78 is 0. The number of hydrogen-bond donors (Lipinski definition) is 1. The van der Waals surface area contributed by atoms with E-state index in [4.69, 9.17) is 6.42 Å². The second-order valence-electron chi connectivity index (χ2n) is 5.09. The van der Waals surface area contributed by atoms with Crippen LogP contribution in [0, 0.1) is 18.3 Å². The summed E-state index contributed by atoms with van der Waals surface area (Å²) in [7, 11) is 0. The minimum absolute atomic E-state index is 0.657. The van der Waals surface area contributed by atoms with Crippen LogP contribution in [0.4, 0.5) is 0 Å². The zero-order valence-electron chi connectivity index (χ0n) is 10.8. The smallest absolute Gasteiger partial charge is 0.0101 e. The highest BCUT2D eigenvalue weighted by atomic mass is 14.9. The van der Waals surface area contributed by atoms with Gasteiger partial charge in [0.05, 0.1) is 0 Å². The first-order valence-electron chi connectivity index (χ1n) is 7.03. The van der Waals surface area contributed by atoms with Crippen molar-refractivity contribution < 1.29 is 0 Å². The lowest BCUT2D eigenvalue weighted by molar-refractivity contribution is 0.344. The van der Waals surface area contributed by atoms with Crippen molar-refractivity contribution in [2.75, 3.05) is 6.54 Å². The predicted octanol–water partition coefficient (Wildman–Crippen LogP) is 3.74. The van der Waals surface area contributed by atoms with E-state index in [0.717, 1.165) is 25.3 Å². The van der Waals surface area contributed by atoms with Gasteiger partial charge in [0.2, 0.25) is 0 Å². The quantitative estimate of drug-likeness (QED) is 0.532. The van der Waals surface area contributed by atoms with E-state index in [2.05, 4.69) is 18.2 Å². The van der Waals surface area contributed by atoms with Gasteiger partial charge in [0.25, 0.3) is 0 Å². The van der Waals surface area contributed by atoms with Crippen LogP contribution in [0.1, 0.15) is 64.7 Å². The van der Waals surface area contributed by atoms with Crippen molar-refractivity contribution in [1.29, 1.82) is 0 Å². The van der Waals surface area contributed by atoms with Crippen molar-refractivity contribution in [3.63, 3.8) is 0 Å². The van der Waals surface area contributed by atoms with Crippen LogP contribution in [-0.4, -0.2) is 12.6 Å². The zero-order valence-corrected chi connectivity index (χ0v) is 10.8. The van der Waals surface area contributed by atoms with Gasteiger partial charge in [-0.1, -0.05) is 45.4 Å². The van der Waals surface area contributed by atoms with Gasteiger partial charge in [-0.25, -0.2) is 0 Å². The highest BCUT2D eigenvalue weighted by Gasteiger charge is 2.17. The third kappa shape index (κ3) is 5.56. The molecule has 92 valence electrons. The van der Waals surface area contributed by atoms with Gasteiger partial charge in [-0.15, -0.1) is 12.3 Å². The predicted molar refractivity (Wildman–Crippen MR) is 71.3 cm³/mol. The van der Waals surface area contributed by atoms with Crippen LogP contribution in [-0.2, 0) is 0 Å². The Hall–Kier alpha value is -0.480. The Labute approximate surface area is 101 Å². The van der Waals surface area contributed by atoms with Gasteiger partial charge >= 0.3 is 0 Å². The summed E-state index contributed by atoms with van der Waals surface area (Å²) in [6.45, 7) is 3.26. The molecule has 1 saturated carbocycles. The summed E-state index contributed by atoms with van der Waals surface area (Å²) in [5.41, 5.74) is 0. The Morgan fingerprint density at radius 3 is 2.50 bits per heavy atom. The molecule has 0 saturated heterocycles. The normalized spacial score (nSPS) is 20.0. The fourth-order valence-electron chi connectivity index (χ4n) is 2.85. The molecule has 1 unspecified atom stereocenters. The number of rotatable bonds is 6. The highest BCUT2D eigenvalue weighted by Crippen LogP contribution is 2.27. The molecule has 0 aromatic heterocycles. The molecule has 1 fully saturated rings. The second kappa shape index (κ2) is 8.65. The lowest BCUT2D eigenvalue weighted by Gasteiger charge is -2.22. The molecular formula is C15H27N. The molecule has 0 radical (unpaired) electrons. The Bertz CT molecular complexity index is 196. The van der Waals surface area contributed by atoms with Gasteiger partial charge in [-0.05, 0) is 25.3 Å². The van der Waals surface area contributed by atoms with E-state index >= 15 is 0 Å². The maximum Gasteiger partial charge on any atom is 0.0101 e. The van der Waals surface area contributed by atoms with E-state index in [0.29, 0.717) is 6.04 Å². The van der Waals surface area contributed by atoms with Crippen LogP contribution in [0.5, 0.6) is 0 Å². The first kappa shape index (κ1) is 13.6. The number of nitrogens with one attached hydrogen (secondary N) is 1. The van der Waals surface area contributed by atoms with Crippen LogP contribution >= 0.6 is 0 Å². The maximum atomic E-state index is 5.35. The van der Waals surface area contributed by atoms with Crippen molar-refractivity contribution in [3.05, 3.63) is 0 Å². The van der Waals surface area contributed by atoms with Crippen molar-refractivity contribution in [2.45, 2.75) is 70.8 Å². The van der Waals surface area contributed by atoms with Gasteiger partial charge in [-0.3, -0.25) is 0 Å². The van der Waals surface area contributed by atoms with Gasteiger partial charge in [-0.2, -0.15) is 0 Å². The fourth-order valence-corrected chi connectivity index (χ4v) is 2.85. The second-order valence-corrected chi connectivity index (χ2v) is 5.09. The Morgan fingerprint density at radius 1 is 1.25 bits per heavy atom. The zero-order chi connectivity index (χ0) is 11.6. The third-order valence-corrected chi connectivity index (χ3v) is 3.72. The Balaban J connectivity index is 2.30. The summed E-state index contributed by atoms with van der Waals surface area (Å²) in [4.78, 5) is 0. The van der Waals surface area contributed by atoms with Crippen LogP contribution in [0.3, 0.4) is 0 Å². The molecule has 0 aromatic carbocycles. The van der Waals surface area contributed by atoms with E-state index in [1.807, 2.05) is 0 Å². The van der Waals surface area contributed by atoms with Crippen LogP contribution in [0.15, 0.2) is 0 Å². The first-order chi connectivity index (χ1) is 7.86. The summed E-state index contributed by atoms with van der Waals surface area (Å²) >= 11 is 0. The number of hydrogen-bond acceptors (Lipinski definition) is 1. The van der Waals surface area contributed by atoms with E-state index in [1.165, 1.54) is 44.9 Å². The fraction of sp³-hybridized carbons (Fsp3) is 0.867. The van der Waals surface area contributed by atoms with E-state index in [1.54, 1.807) is 0 Å². The molecular weight excluding hydrogens is 194 g/mol. The third-order valence-electron chi connectivity index (χ3n) is 3.72. The SMILES string of the molecule is C#CCCC(CC1CCCCCC1)NCC. The molecule has 0 amide bonds. The van der Waals surface area contributed by atoms with Crippen LogP contribution < -0.4 is 5.32 Å². The van der Waals surface area contributed by atoms with Gasteiger partial charge < -0.3 is 5.32 Å². The molecule has 0 aromatic rings. The lowest BCUT2D eigenvalue weighted by Crippen LogP contribution is -2.31. The van der Waals surface area contributed by atoms with Crippen LogP contribution in [0.25, 0.3) is 0 Å². The summed E-state index contributed by atoms with van der Waals surface area (Å²) in [5.74, 6) is 3.71. The van der Waals surface area contributed by atoms with E-state index in [-0.39, 0.29) is 0 Å². The van der Waals surface area contributed by atoms with Crippen molar-refractivity contribution in [1.82, 2.24) is 5.32 Å². The topological polar surface area (TPSA) is 12.0 Å². The average Bonchev–Trinajstić information content (AvgIpc) is 2.55. The maximum absolute atomic E-state index is 5.35. The molecule has 0 aliphatic heterocycles. The van der Waals surface area contributed by atoms with Gasteiger partial charge in [0, 0.05) is 12.5 Å². The Kier molecular flexibility index (Phi) is 7.34. The van der Waals surface area contributed by atoms with Crippen molar-refractivity contribution in [3.8, 4) is 12.3 Å². The highest BCUT2D eigenvalue weighted by molar-refractivity contribution is 4.86. The Morgan fingerprint density at radius 2 is 1.94 bits per heavy atom. The first-order valence-corrected chi connectivity index (χ1v) is 7.03. The standard InChI is InChI=1S/C15H27N/c1-3-5-12-15(16-4-2)13-14-10-8-6-7-9-11-14/h1,14-16H,4-13H2,2H3. The molecule has 0 heterocycles. The van der Waals surface area contributed by atoms with Gasteiger partial charge in [0.1, 0.15) is 0 Å². The monoisotopic (exact) mass is 221 g/mol. The summed E-state index contributed by atoms with van der Waals surface area (Å²) in [6.07, 6.45) is 17.4. The summed E-state index contributed by atoms with van der Waals surface area (Å²) in [5, 5.41) is 3.59. The molecule has 1 aliphatic rings. The lowest BCUT2D eigenvalue weighted by atomic mass is 9.91. The molecule has 1 aliphatic carbocycles. The largest absolute Gasteiger partial charge is 0.314 e. The minimum atomic E-state index is 0.657. The van der Waals surface area contributed by atoms with Crippen molar-refractivity contribution >= 4 is 0 Å². The van der Waals surface area contributed by atoms with Crippen molar-refractivity contribution in [2.24, 2.45) is 5.92 Å². The molecule has 1 heteroatoms. The molecule has 0 spiro atoms. The van der Waals surface area contributed by atoms with E-state index < -0.39 is 0 Å². The van der Waals surface area contributed by atoms with Crippen LogP contribution in [0.2, 0.25) is 0 Å². The molecule has 16 heavy (non-hydrogen) atoms. The summed E-state index contributed by atoms with van der Waals surface area (Å²) in [6, 6.07) is 0.657. The average molecular weight is 221 g/mol. The molecule has 0 bridgehead atoms. The molecule has 1 atom stereocenters.